The SMILES string of the molecule is CC.c1ccc(-c2ccc(N(c3ccc(-c4ccccc4)cc3)c3ccc(-c4ccc5c(c4)oc4c6c(ccc45)C4(c5ccccc5-c5ccccc54)c4ccccc4-6)cc3)cc2)cc1. The number of rotatable bonds is 6. The third-order valence-electron chi connectivity index (χ3n) is 13.5. The zero-order valence-electron chi connectivity index (χ0n) is 36.4. The second-order valence-corrected chi connectivity index (χ2v) is 16.8. The average molecular weight is 832 g/mol. The zero-order chi connectivity index (χ0) is 43.5. The van der Waals surface area contributed by atoms with E-state index in [2.05, 4.69) is 241 Å². The van der Waals surface area contributed by atoms with Gasteiger partial charge in [-0.3, -0.25) is 0 Å². The van der Waals surface area contributed by atoms with Gasteiger partial charge in [0.05, 0.1) is 5.41 Å². The van der Waals surface area contributed by atoms with E-state index in [9.17, 15) is 0 Å². The largest absolute Gasteiger partial charge is 0.455 e. The summed E-state index contributed by atoms with van der Waals surface area (Å²) in [6, 6.07) is 86.0. The molecule has 0 atom stereocenters. The Bertz CT molecular complexity index is 3400. The summed E-state index contributed by atoms with van der Waals surface area (Å²) in [6.07, 6.45) is 0. The first-order valence-corrected chi connectivity index (χ1v) is 22.7. The Kier molecular flexibility index (Phi) is 9.21. The molecule has 11 aromatic rings. The van der Waals surface area contributed by atoms with Crippen LogP contribution in [0.3, 0.4) is 0 Å². The molecule has 0 unspecified atom stereocenters. The molecule has 2 nitrogen and oxygen atoms in total. The molecule has 0 fully saturated rings. The lowest BCUT2D eigenvalue weighted by Gasteiger charge is -2.30. The summed E-state index contributed by atoms with van der Waals surface area (Å²) in [5, 5.41) is 2.27. The van der Waals surface area contributed by atoms with E-state index in [1.54, 1.807) is 0 Å². The Balaban J connectivity index is 0.00000219. The molecule has 0 bridgehead atoms. The van der Waals surface area contributed by atoms with E-state index in [-0.39, 0.29) is 0 Å². The molecule has 308 valence electrons. The van der Waals surface area contributed by atoms with Crippen LogP contribution >= 0.6 is 0 Å². The molecule has 2 aliphatic rings. The van der Waals surface area contributed by atoms with E-state index in [0.29, 0.717) is 0 Å². The Morgan fingerprint density at radius 1 is 0.323 bits per heavy atom. The summed E-state index contributed by atoms with van der Waals surface area (Å²) in [5.41, 5.74) is 22.1. The maximum absolute atomic E-state index is 7.05. The van der Waals surface area contributed by atoms with Gasteiger partial charge < -0.3 is 9.32 Å². The summed E-state index contributed by atoms with van der Waals surface area (Å²) in [6.45, 7) is 4.00. The maximum atomic E-state index is 7.05. The third-order valence-corrected chi connectivity index (χ3v) is 13.5. The molecule has 2 aliphatic carbocycles. The van der Waals surface area contributed by atoms with Crippen molar-refractivity contribution in [3.63, 3.8) is 0 Å². The second-order valence-electron chi connectivity index (χ2n) is 16.8. The lowest BCUT2D eigenvalue weighted by molar-refractivity contribution is 0.669. The average Bonchev–Trinajstić information content (AvgIpc) is 4.02. The minimum absolute atomic E-state index is 0.402. The molecule has 0 aliphatic heterocycles. The van der Waals surface area contributed by atoms with Crippen LogP contribution in [0.1, 0.15) is 36.1 Å². The fourth-order valence-corrected chi connectivity index (χ4v) is 10.7. The molecule has 0 saturated carbocycles. The van der Waals surface area contributed by atoms with Gasteiger partial charge in [-0.25, -0.2) is 0 Å². The quantitative estimate of drug-likeness (QED) is 0.166. The van der Waals surface area contributed by atoms with Crippen molar-refractivity contribution in [3.05, 3.63) is 259 Å². The van der Waals surface area contributed by atoms with Crippen molar-refractivity contribution in [1.29, 1.82) is 0 Å². The molecule has 0 amide bonds. The molecule has 13 rings (SSSR count). The molecule has 0 radical (unpaired) electrons. The molecule has 0 N–H and O–H groups in total. The minimum atomic E-state index is -0.402. The molecular formula is C63H45NO. The maximum Gasteiger partial charge on any atom is 0.143 e. The highest BCUT2D eigenvalue weighted by Crippen LogP contribution is 2.64. The Morgan fingerprint density at radius 3 is 1.22 bits per heavy atom. The molecule has 1 spiro atoms. The third kappa shape index (κ3) is 5.95. The summed E-state index contributed by atoms with van der Waals surface area (Å²) in [7, 11) is 0. The first-order chi connectivity index (χ1) is 32.2. The number of hydrogen-bond donors (Lipinski definition) is 0. The van der Waals surface area contributed by atoms with Crippen LogP contribution in [-0.2, 0) is 5.41 Å². The van der Waals surface area contributed by atoms with Crippen LogP contribution in [0.4, 0.5) is 17.1 Å². The van der Waals surface area contributed by atoms with E-state index < -0.39 is 5.41 Å². The van der Waals surface area contributed by atoms with Gasteiger partial charge in [-0.2, -0.15) is 0 Å². The number of hydrogen-bond acceptors (Lipinski definition) is 2. The van der Waals surface area contributed by atoms with Crippen molar-refractivity contribution in [2.45, 2.75) is 19.3 Å². The van der Waals surface area contributed by atoms with Gasteiger partial charge in [0.25, 0.3) is 0 Å². The number of fused-ring (bicyclic) bond motifs is 14. The molecule has 65 heavy (non-hydrogen) atoms. The lowest BCUT2D eigenvalue weighted by atomic mass is 9.70. The van der Waals surface area contributed by atoms with E-state index in [1.807, 2.05) is 13.8 Å². The van der Waals surface area contributed by atoms with E-state index >= 15 is 0 Å². The first-order valence-electron chi connectivity index (χ1n) is 22.7. The molecule has 0 saturated heterocycles. The monoisotopic (exact) mass is 831 g/mol. The van der Waals surface area contributed by atoms with Crippen molar-refractivity contribution < 1.29 is 4.42 Å². The van der Waals surface area contributed by atoms with Crippen molar-refractivity contribution in [3.8, 4) is 55.6 Å². The summed E-state index contributed by atoms with van der Waals surface area (Å²) in [4.78, 5) is 2.34. The molecule has 1 aromatic heterocycles. The van der Waals surface area contributed by atoms with Gasteiger partial charge in [0, 0.05) is 33.4 Å². The predicted molar refractivity (Wildman–Crippen MR) is 272 cm³/mol. The number of anilines is 3. The van der Waals surface area contributed by atoms with Crippen molar-refractivity contribution in [1.82, 2.24) is 0 Å². The van der Waals surface area contributed by atoms with Crippen molar-refractivity contribution in [2.24, 2.45) is 0 Å². The Labute approximate surface area is 380 Å². The van der Waals surface area contributed by atoms with Crippen LogP contribution in [0.25, 0.3) is 77.6 Å². The highest BCUT2D eigenvalue weighted by atomic mass is 16.3. The van der Waals surface area contributed by atoms with Gasteiger partial charge in [0.15, 0.2) is 0 Å². The van der Waals surface area contributed by atoms with Gasteiger partial charge in [-0.1, -0.05) is 202 Å². The fraction of sp³-hybridized carbons (Fsp3) is 0.0476. The number of nitrogens with zero attached hydrogens (tertiary/aromatic N) is 1. The van der Waals surface area contributed by atoms with Crippen LogP contribution in [0.5, 0.6) is 0 Å². The number of furan rings is 1. The smallest absolute Gasteiger partial charge is 0.143 e. The normalized spacial score (nSPS) is 12.6. The van der Waals surface area contributed by atoms with Gasteiger partial charge in [-0.15, -0.1) is 0 Å². The van der Waals surface area contributed by atoms with Crippen molar-refractivity contribution >= 4 is 39.0 Å². The number of benzene rings is 10. The molecule has 1 heterocycles. The molecular weight excluding hydrogens is 787 g/mol. The standard InChI is InChI=1S/C61H39NO.C2H6/c1-3-13-40(14-4-1)42-23-30-46(31-24-42)62(47-32-25-43(26-33-47)41-15-5-2-6-16-41)48-34-27-44(28-35-48)45-29-36-51-52-37-38-57-59(60(52)63-58(51)39-45)53-19-9-12-22-56(53)61(57)54-20-10-7-17-49(54)50-18-8-11-21-55(50)61;1-2/h1-39H;1-2H3. The van der Waals surface area contributed by atoms with E-state index in [1.165, 1.54) is 66.8 Å². The van der Waals surface area contributed by atoms with E-state index in [4.69, 9.17) is 4.42 Å². The summed E-state index contributed by atoms with van der Waals surface area (Å²) >= 11 is 0. The highest BCUT2D eigenvalue weighted by molar-refractivity contribution is 6.13. The molecule has 2 heteroatoms. The predicted octanol–water partition coefficient (Wildman–Crippen LogP) is 17.4. The second kappa shape index (κ2) is 15.6. The fourth-order valence-electron chi connectivity index (χ4n) is 10.7. The Morgan fingerprint density at radius 2 is 0.708 bits per heavy atom. The van der Waals surface area contributed by atoms with Crippen LogP contribution < -0.4 is 4.90 Å². The van der Waals surface area contributed by atoms with E-state index in [0.717, 1.165) is 50.1 Å². The first kappa shape index (κ1) is 38.5. The van der Waals surface area contributed by atoms with Crippen molar-refractivity contribution in [2.75, 3.05) is 4.90 Å². The van der Waals surface area contributed by atoms with Gasteiger partial charge in [0.1, 0.15) is 11.2 Å². The topological polar surface area (TPSA) is 16.4 Å². The van der Waals surface area contributed by atoms with Gasteiger partial charge >= 0.3 is 0 Å². The summed E-state index contributed by atoms with van der Waals surface area (Å²) in [5.74, 6) is 0. The minimum Gasteiger partial charge on any atom is -0.455 e. The van der Waals surface area contributed by atoms with Crippen LogP contribution in [0.2, 0.25) is 0 Å². The van der Waals surface area contributed by atoms with Crippen LogP contribution in [0, 0.1) is 0 Å². The van der Waals surface area contributed by atoms with Gasteiger partial charge in [-0.05, 0) is 121 Å². The highest BCUT2D eigenvalue weighted by Gasteiger charge is 2.52. The summed E-state index contributed by atoms with van der Waals surface area (Å²) < 4.78 is 7.05. The lowest BCUT2D eigenvalue weighted by Crippen LogP contribution is -2.25. The Hall–Kier alpha value is -8.20. The van der Waals surface area contributed by atoms with Crippen LogP contribution in [-0.4, -0.2) is 0 Å². The molecule has 10 aromatic carbocycles. The van der Waals surface area contributed by atoms with Gasteiger partial charge in [0.2, 0.25) is 0 Å². The van der Waals surface area contributed by atoms with Crippen LogP contribution in [0.15, 0.2) is 241 Å². The zero-order valence-corrected chi connectivity index (χ0v) is 36.4.